The molecule has 8 heteroatoms. The first-order chi connectivity index (χ1) is 9.93. The second kappa shape index (κ2) is 6.98. The smallest absolute Gasteiger partial charge is 0.252 e. The molecule has 0 aliphatic rings. The highest BCUT2D eigenvalue weighted by atomic mass is 35.5. The minimum atomic E-state index is -3.46. The number of benzene rings is 1. The maximum Gasteiger partial charge on any atom is 0.252 e. The summed E-state index contributed by atoms with van der Waals surface area (Å²) >= 11 is 13.1. The van der Waals surface area contributed by atoms with E-state index in [1.165, 1.54) is 22.7 Å². The molecule has 1 heterocycles. The van der Waals surface area contributed by atoms with Crippen LogP contribution in [0.1, 0.15) is 0 Å². The van der Waals surface area contributed by atoms with Gasteiger partial charge in [-0.3, -0.25) is 0 Å². The van der Waals surface area contributed by atoms with E-state index in [4.69, 9.17) is 27.9 Å². The Kier molecular flexibility index (Phi) is 5.51. The molecule has 1 aromatic carbocycles. The molecule has 0 N–H and O–H groups in total. The minimum absolute atomic E-state index is 0.157. The van der Waals surface area contributed by atoms with Crippen LogP contribution in [0.3, 0.4) is 0 Å². The first-order valence-corrected chi connectivity index (χ1v) is 9.07. The standard InChI is InChI=1S/C13H13Cl2NO3S2/c1-16(21(17,18)12-6-3-9-20-12)7-8-19-13-10(14)4-2-5-11(13)15/h2-6,9H,7-8H2,1H3. The van der Waals surface area contributed by atoms with E-state index in [1.54, 1.807) is 35.7 Å². The molecule has 4 nitrogen and oxygen atoms in total. The molecule has 1 aromatic heterocycles. The summed E-state index contributed by atoms with van der Waals surface area (Å²) in [5, 5.41) is 2.51. The fraction of sp³-hybridized carbons (Fsp3) is 0.231. The Labute approximate surface area is 137 Å². The van der Waals surface area contributed by atoms with Crippen LogP contribution in [-0.4, -0.2) is 32.9 Å². The van der Waals surface area contributed by atoms with E-state index in [0.717, 1.165) is 0 Å². The number of nitrogens with zero attached hydrogens (tertiary/aromatic N) is 1. The molecular formula is C13H13Cl2NO3S2. The average Bonchev–Trinajstić information content (AvgIpc) is 2.96. The molecule has 0 aliphatic carbocycles. The normalized spacial score (nSPS) is 11.8. The first kappa shape index (κ1) is 16.6. The van der Waals surface area contributed by atoms with Crippen LogP contribution in [0.2, 0.25) is 10.0 Å². The van der Waals surface area contributed by atoms with E-state index in [9.17, 15) is 8.42 Å². The lowest BCUT2D eigenvalue weighted by atomic mass is 10.3. The van der Waals surface area contributed by atoms with E-state index in [-0.39, 0.29) is 13.2 Å². The van der Waals surface area contributed by atoms with Crippen molar-refractivity contribution >= 4 is 44.6 Å². The summed E-state index contributed by atoms with van der Waals surface area (Å²) in [6.45, 7) is 0.354. The van der Waals surface area contributed by atoms with Crippen LogP contribution >= 0.6 is 34.5 Å². The van der Waals surface area contributed by atoms with Crippen molar-refractivity contribution in [2.24, 2.45) is 0 Å². The molecule has 0 bridgehead atoms. The number of thiophene rings is 1. The lowest BCUT2D eigenvalue weighted by molar-refractivity contribution is 0.287. The monoisotopic (exact) mass is 365 g/mol. The van der Waals surface area contributed by atoms with Gasteiger partial charge in [-0.05, 0) is 23.6 Å². The molecule has 0 fully saturated rings. The van der Waals surface area contributed by atoms with Gasteiger partial charge in [0.15, 0.2) is 5.75 Å². The number of sulfonamides is 1. The van der Waals surface area contributed by atoms with Crippen molar-refractivity contribution in [3.05, 3.63) is 45.8 Å². The lowest BCUT2D eigenvalue weighted by Crippen LogP contribution is -2.30. The van der Waals surface area contributed by atoms with Crippen LogP contribution in [0.4, 0.5) is 0 Å². The third-order valence-corrected chi connectivity index (χ3v) is 6.56. The topological polar surface area (TPSA) is 46.6 Å². The number of halogens is 2. The van der Waals surface area contributed by atoms with Crippen molar-refractivity contribution in [2.75, 3.05) is 20.2 Å². The molecular weight excluding hydrogens is 353 g/mol. The van der Waals surface area contributed by atoms with Gasteiger partial charge < -0.3 is 4.74 Å². The summed E-state index contributed by atoms with van der Waals surface area (Å²) in [6.07, 6.45) is 0. The maximum absolute atomic E-state index is 12.2. The van der Waals surface area contributed by atoms with Gasteiger partial charge in [0, 0.05) is 13.6 Å². The first-order valence-electron chi connectivity index (χ1n) is 5.99. The van der Waals surface area contributed by atoms with Crippen molar-refractivity contribution in [2.45, 2.75) is 4.21 Å². The van der Waals surface area contributed by atoms with Crippen LogP contribution < -0.4 is 4.74 Å². The molecule has 0 unspecified atom stereocenters. The molecule has 114 valence electrons. The summed E-state index contributed by atoms with van der Waals surface area (Å²) in [6, 6.07) is 8.31. The van der Waals surface area contributed by atoms with E-state index < -0.39 is 10.0 Å². The van der Waals surface area contributed by atoms with Gasteiger partial charge in [0.05, 0.1) is 10.0 Å². The Morgan fingerprint density at radius 2 is 1.86 bits per heavy atom. The third kappa shape index (κ3) is 3.90. The van der Waals surface area contributed by atoms with Gasteiger partial charge in [-0.15, -0.1) is 11.3 Å². The quantitative estimate of drug-likeness (QED) is 0.782. The Hall–Kier alpha value is -0.790. The van der Waals surface area contributed by atoms with Crippen LogP contribution in [-0.2, 0) is 10.0 Å². The zero-order valence-electron chi connectivity index (χ0n) is 11.1. The largest absolute Gasteiger partial charge is 0.489 e. The number of hydrogen-bond acceptors (Lipinski definition) is 4. The number of hydrogen-bond donors (Lipinski definition) is 0. The number of likely N-dealkylation sites (N-methyl/N-ethyl adjacent to an activating group) is 1. The molecule has 0 radical (unpaired) electrons. The van der Waals surface area contributed by atoms with Crippen molar-refractivity contribution < 1.29 is 13.2 Å². The van der Waals surface area contributed by atoms with Gasteiger partial charge in [0.25, 0.3) is 10.0 Å². The van der Waals surface area contributed by atoms with E-state index in [0.29, 0.717) is 20.0 Å². The molecule has 0 spiro atoms. The SMILES string of the molecule is CN(CCOc1c(Cl)cccc1Cl)S(=O)(=O)c1cccs1. The Morgan fingerprint density at radius 1 is 1.19 bits per heavy atom. The van der Waals surface area contributed by atoms with Gasteiger partial charge >= 0.3 is 0 Å². The summed E-state index contributed by atoms with van der Waals surface area (Å²) in [4.78, 5) is 0. The van der Waals surface area contributed by atoms with E-state index in [2.05, 4.69) is 0 Å². The highest BCUT2D eigenvalue weighted by molar-refractivity contribution is 7.91. The summed E-state index contributed by atoms with van der Waals surface area (Å²) < 4.78 is 31.4. The van der Waals surface area contributed by atoms with E-state index in [1.807, 2.05) is 0 Å². The molecule has 2 aromatic rings. The van der Waals surface area contributed by atoms with Crippen molar-refractivity contribution in [3.63, 3.8) is 0 Å². The number of para-hydroxylation sites is 1. The fourth-order valence-corrected chi connectivity index (χ4v) is 4.44. The van der Waals surface area contributed by atoms with Crippen LogP contribution in [0.5, 0.6) is 5.75 Å². The van der Waals surface area contributed by atoms with Crippen LogP contribution in [0.25, 0.3) is 0 Å². The predicted molar refractivity (Wildman–Crippen MR) is 86.1 cm³/mol. The summed E-state index contributed by atoms with van der Waals surface area (Å²) in [7, 11) is -1.96. The molecule has 0 aliphatic heterocycles. The highest BCUT2D eigenvalue weighted by Gasteiger charge is 2.21. The predicted octanol–water partition coefficient (Wildman–Crippen LogP) is 3.75. The van der Waals surface area contributed by atoms with Gasteiger partial charge in [0.1, 0.15) is 10.8 Å². The van der Waals surface area contributed by atoms with Crippen molar-refractivity contribution in [1.82, 2.24) is 4.31 Å². The Morgan fingerprint density at radius 3 is 2.43 bits per heavy atom. The molecule has 21 heavy (non-hydrogen) atoms. The molecule has 2 rings (SSSR count). The van der Waals surface area contributed by atoms with Gasteiger partial charge in [-0.2, -0.15) is 4.31 Å². The zero-order chi connectivity index (χ0) is 15.5. The molecule has 0 amide bonds. The van der Waals surface area contributed by atoms with Crippen molar-refractivity contribution in [3.8, 4) is 5.75 Å². The number of ether oxygens (including phenoxy) is 1. The zero-order valence-corrected chi connectivity index (χ0v) is 14.3. The highest BCUT2D eigenvalue weighted by Crippen LogP contribution is 2.32. The van der Waals surface area contributed by atoms with Gasteiger partial charge in [0.2, 0.25) is 0 Å². The second-order valence-electron chi connectivity index (χ2n) is 4.16. The Bertz CT molecular complexity index is 682. The number of rotatable bonds is 6. The lowest BCUT2D eigenvalue weighted by Gasteiger charge is -2.17. The maximum atomic E-state index is 12.2. The third-order valence-electron chi connectivity index (χ3n) is 2.73. The van der Waals surface area contributed by atoms with Gasteiger partial charge in [-0.1, -0.05) is 35.3 Å². The molecule has 0 saturated heterocycles. The Balaban J connectivity index is 1.98. The van der Waals surface area contributed by atoms with Crippen molar-refractivity contribution in [1.29, 1.82) is 0 Å². The van der Waals surface area contributed by atoms with Crippen LogP contribution in [0, 0.1) is 0 Å². The summed E-state index contributed by atoms with van der Waals surface area (Å²) in [5.41, 5.74) is 0. The fourth-order valence-electron chi connectivity index (χ4n) is 1.58. The summed E-state index contributed by atoms with van der Waals surface area (Å²) in [5.74, 6) is 0.364. The minimum Gasteiger partial charge on any atom is -0.489 e. The second-order valence-corrected chi connectivity index (χ2v) is 8.19. The van der Waals surface area contributed by atoms with E-state index >= 15 is 0 Å². The molecule has 0 saturated carbocycles. The van der Waals surface area contributed by atoms with Crippen LogP contribution in [0.15, 0.2) is 39.9 Å². The van der Waals surface area contributed by atoms with Gasteiger partial charge in [-0.25, -0.2) is 8.42 Å². The molecule has 0 atom stereocenters. The average molecular weight is 366 g/mol.